The van der Waals surface area contributed by atoms with Crippen LogP contribution in [0, 0.1) is 11.6 Å². The number of rotatable bonds is 4. The Hall–Kier alpha value is -3.16. The highest BCUT2D eigenvalue weighted by Crippen LogP contribution is 2.31. The Morgan fingerprint density at radius 2 is 1.85 bits per heavy atom. The Balaban J connectivity index is 1.80. The van der Waals surface area contributed by atoms with E-state index >= 15 is 0 Å². The zero-order valence-corrected chi connectivity index (χ0v) is 13.9. The third-order valence-corrected chi connectivity index (χ3v) is 4.16. The maximum atomic E-state index is 14.3. The number of methoxy groups -OCH3 is 1. The summed E-state index contributed by atoms with van der Waals surface area (Å²) in [5.74, 6) is -3.02. The van der Waals surface area contributed by atoms with Gasteiger partial charge in [0, 0.05) is 35.8 Å². The molecule has 2 aromatic carbocycles. The van der Waals surface area contributed by atoms with E-state index in [-0.39, 0.29) is 17.9 Å². The predicted molar refractivity (Wildman–Crippen MR) is 91.0 cm³/mol. The summed E-state index contributed by atoms with van der Waals surface area (Å²) in [6.07, 6.45) is 0. The number of nitrogens with one attached hydrogen (secondary N) is 3. The molecule has 1 aliphatic rings. The number of hydrogen-bond donors (Lipinski definition) is 3. The maximum absolute atomic E-state index is 14.3. The largest absolute Gasteiger partial charge is 0.497 e. The molecule has 8 heteroatoms. The molecule has 0 spiro atoms. The van der Waals surface area contributed by atoms with E-state index in [9.17, 15) is 18.4 Å². The molecule has 0 aromatic heterocycles. The molecule has 2 aromatic rings. The molecule has 2 atom stereocenters. The molecule has 1 heterocycles. The minimum atomic E-state index is -1.10. The second-order valence-electron chi connectivity index (χ2n) is 5.80. The molecular formula is C18H17F2N3O3. The Kier molecular flexibility index (Phi) is 5.01. The van der Waals surface area contributed by atoms with Crippen molar-refractivity contribution in [1.29, 1.82) is 0 Å². The molecule has 0 saturated carbocycles. The quantitative estimate of drug-likeness (QED) is 0.782. The Bertz CT molecular complexity index is 807. The van der Waals surface area contributed by atoms with Gasteiger partial charge in [-0.2, -0.15) is 0 Å². The van der Waals surface area contributed by atoms with Crippen molar-refractivity contribution in [3.05, 3.63) is 59.7 Å². The van der Waals surface area contributed by atoms with Crippen LogP contribution < -0.4 is 20.7 Å². The van der Waals surface area contributed by atoms with Crippen molar-refractivity contribution >= 4 is 17.6 Å². The molecule has 0 bridgehead atoms. The molecule has 1 fully saturated rings. The molecular weight excluding hydrogens is 344 g/mol. The van der Waals surface area contributed by atoms with Gasteiger partial charge in [0.15, 0.2) is 0 Å². The lowest BCUT2D eigenvalue weighted by molar-refractivity contribution is -0.120. The van der Waals surface area contributed by atoms with Gasteiger partial charge >= 0.3 is 6.03 Å². The number of benzene rings is 2. The fraction of sp³-hybridized carbons (Fsp3) is 0.222. The first-order valence-electron chi connectivity index (χ1n) is 7.93. The van der Waals surface area contributed by atoms with Crippen molar-refractivity contribution in [3.63, 3.8) is 0 Å². The third kappa shape index (κ3) is 3.58. The van der Waals surface area contributed by atoms with Crippen LogP contribution in [0.3, 0.4) is 0 Å². The number of carbonyl (C=O) groups excluding carboxylic acids is 2. The van der Waals surface area contributed by atoms with Gasteiger partial charge in [-0.15, -0.1) is 0 Å². The van der Waals surface area contributed by atoms with Gasteiger partial charge in [-0.1, -0.05) is 18.2 Å². The third-order valence-electron chi connectivity index (χ3n) is 4.16. The molecule has 3 rings (SSSR count). The molecule has 0 radical (unpaired) electrons. The van der Waals surface area contributed by atoms with Gasteiger partial charge in [-0.25, -0.2) is 13.6 Å². The highest BCUT2D eigenvalue weighted by atomic mass is 19.1. The Morgan fingerprint density at radius 3 is 2.46 bits per heavy atom. The van der Waals surface area contributed by atoms with Crippen LogP contribution in [0.2, 0.25) is 0 Å². The van der Waals surface area contributed by atoms with Gasteiger partial charge in [0.1, 0.15) is 23.4 Å². The Morgan fingerprint density at radius 1 is 1.19 bits per heavy atom. The molecule has 136 valence electrons. The fourth-order valence-electron chi connectivity index (χ4n) is 2.92. The lowest BCUT2D eigenvalue weighted by atomic mass is 9.93. The van der Waals surface area contributed by atoms with Gasteiger partial charge in [0.05, 0.1) is 7.11 Å². The maximum Gasteiger partial charge on any atom is 0.319 e. The smallest absolute Gasteiger partial charge is 0.319 e. The van der Waals surface area contributed by atoms with Crippen LogP contribution in [0.5, 0.6) is 5.75 Å². The highest BCUT2D eigenvalue weighted by Gasteiger charge is 2.40. The summed E-state index contributed by atoms with van der Waals surface area (Å²) in [5.41, 5.74) is 0.260. The number of para-hydroxylation sites is 1. The minimum absolute atomic E-state index is 0.00921. The number of urea groups is 1. The summed E-state index contributed by atoms with van der Waals surface area (Å²) in [7, 11) is 1.30. The summed E-state index contributed by atoms with van der Waals surface area (Å²) in [4.78, 5) is 24.2. The summed E-state index contributed by atoms with van der Waals surface area (Å²) < 4.78 is 33.5. The van der Waals surface area contributed by atoms with E-state index in [1.54, 1.807) is 30.3 Å². The SMILES string of the molecule is COc1cc(F)c(C2CNC(=O)C2NC(=O)Nc2ccccc2)c(F)c1. The van der Waals surface area contributed by atoms with Crippen LogP contribution in [0.1, 0.15) is 11.5 Å². The Labute approximate surface area is 148 Å². The molecule has 3 N–H and O–H groups in total. The second-order valence-corrected chi connectivity index (χ2v) is 5.80. The lowest BCUT2D eigenvalue weighted by Gasteiger charge is -2.20. The van der Waals surface area contributed by atoms with E-state index in [1.807, 2.05) is 0 Å². The van der Waals surface area contributed by atoms with Crippen molar-refractivity contribution in [3.8, 4) is 5.75 Å². The first kappa shape index (κ1) is 17.7. The van der Waals surface area contributed by atoms with Crippen molar-refractivity contribution in [2.24, 2.45) is 0 Å². The van der Waals surface area contributed by atoms with Gasteiger partial charge in [0.2, 0.25) is 5.91 Å². The van der Waals surface area contributed by atoms with Crippen LogP contribution in [0.25, 0.3) is 0 Å². The molecule has 3 amide bonds. The van der Waals surface area contributed by atoms with Crippen LogP contribution in [-0.4, -0.2) is 31.6 Å². The van der Waals surface area contributed by atoms with Gasteiger partial charge in [0.25, 0.3) is 0 Å². The van der Waals surface area contributed by atoms with E-state index in [2.05, 4.69) is 16.0 Å². The molecule has 2 unspecified atom stereocenters. The van der Waals surface area contributed by atoms with E-state index in [1.165, 1.54) is 7.11 Å². The van der Waals surface area contributed by atoms with Crippen LogP contribution in [0.4, 0.5) is 19.3 Å². The summed E-state index contributed by atoms with van der Waals surface area (Å²) in [5, 5.41) is 7.58. The first-order chi connectivity index (χ1) is 12.5. The van der Waals surface area contributed by atoms with E-state index < -0.39 is 35.5 Å². The fourth-order valence-corrected chi connectivity index (χ4v) is 2.92. The zero-order valence-electron chi connectivity index (χ0n) is 13.9. The summed E-state index contributed by atoms with van der Waals surface area (Å²) in [6.45, 7) is 0.00921. The second kappa shape index (κ2) is 7.38. The molecule has 6 nitrogen and oxygen atoms in total. The summed E-state index contributed by atoms with van der Waals surface area (Å²) >= 11 is 0. The number of amides is 3. The number of halogens is 2. The predicted octanol–water partition coefficient (Wildman–Crippen LogP) is 2.38. The van der Waals surface area contributed by atoms with Crippen molar-refractivity contribution < 1.29 is 23.1 Å². The molecule has 26 heavy (non-hydrogen) atoms. The number of carbonyl (C=O) groups is 2. The van der Waals surface area contributed by atoms with Crippen molar-refractivity contribution in [2.45, 2.75) is 12.0 Å². The van der Waals surface area contributed by atoms with E-state index in [0.29, 0.717) is 5.69 Å². The number of hydrogen-bond acceptors (Lipinski definition) is 3. The van der Waals surface area contributed by atoms with Crippen LogP contribution in [0.15, 0.2) is 42.5 Å². The van der Waals surface area contributed by atoms with Crippen molar-refractivity contribution in [1.82, 2.24) is 10.6 Å². The van der Waals surface area contributed by atoms with Gasteiger partial charge in [-0.3, -0.25) is 4.79 Å². The van der Waals surface area contributed by atoms with Crippen molar-refractivity contribution in [2.75, 3.05) is 19.0 Å². The minimum Gasteiger partial charge on any atom is -0.497 e. The van der Waals surface area contributed by atoms with E-state index in [0.717, 1.165) is 12.1 Å². The highest BCUT2D eigenvalue weighted by molar-refractivity contribution is 5.95. The number of ether oxygens (including phenoxy) is 1. The standard InChI is InChI=1S/C18H17F2N3O3/c1-26-11-7-13(19)15(14(20)8-11)12-9-21-17(24)16(12)23-18(25)22-10-5-3-2-4-6-10/h2-8,12,16H,9H2,1H3,(H,21,24)(H2,22,23,25). The van der Waals surface area contributed by atoms with Gasteiger partial charge < -0.3 is 20.7 Å². The number of anilines is 1. The van der Waals surface area contributed by atoms with E-state index in [4.69, 9.17) is 4.74 Å². The zero-order chi connectivity index (χ0) is 18.7. The average Bonchev–Trinajstić information content (AvgIpc) is 2.95. The topological polar surface area (TPSA) is 79.5 Å². The van der Waals surface area contributed by atoms with Gasteiger partial charge in [-0.05, 0) is 12.1 Å². The lowest BCUT2D eigenvalue weighted by Crippen LogP contribution is -2.45. The molecule has 1 aliphatic heterocycles. The first-order valence-corrected chi connectivity index (χ1v) is 7.93. The normalized spacial score (nSPS) is 19.0. The van der Waals surface area contributed by atoms with Crippen LogP contribution in [-0.2, 0) is 4.79 Å². The molecule has 0 aliphatic carbocycles. The average molecular weight is 361 g/mol. The molecule has 1 saturated heterocycles. The summed E-state index contributed by atoms with van der Waals surface area (Å²) in [6, 6.07) is 8.96. The van der Waals surface area contributed by atoms with Crippen LogP contribution >= 0.6 is 0 Å². The monoisotopic (exact) mass is 361 g/mol.